The summed E-state index contributed by atoms with van der Waals surface area (Å²) in [4.78, 5) is 12.8. The fourth-order valence-corrected chi connectivity index (χ4v) is 1.97. The Morgan fingerprint density at radius 1 is 1.32 bits per heavy atom. The van der Waals surface area contributed by atoms with E-state index in [2.05, 4.69) is 0 Å². The van der Waals surface area contributed by atoms with E-state index in [0.29, 0.717) is 0 Å². The van der Waals surface area contributed by atoms with E-state index in [1.54, 1.807) is 20.8 Å². The highest BCUT2D eigenvalue weighted by Gasteiger charge is 2.60. The predicted molar refractivity (Wildman–Crippen MR) is 62.8 cm³/mol. The molecular weight excluding hydrogens is 263 g/mol. The van der Waals surface area contributed by atoms with Gasteiger partial charge in [0.2, 0.25) is 0 Å². The maximum absolute atomic E-state index is 13.1. The number of carbonyl (C=O) groups excluding carboxylic acids is 1. The first-order chi connectivity index (χ1) is 8.51. The van der Waals surface area contributed by atoms with Gasteiger partial charge < -0.3 is 14.4 Å². The molecule has 0 spiro atoms. The molecular formula is C12H20F3NO3. The van der Waals surface area contributed by atoms with Crippen LogP contribution in [0.3, 0.4) is 0 Å². The van der Waals surface area contributed by atoms with Crippen molar-refractivity contribution in [2.75, 3.05) is 19.7 Å². The Hall–Kier alpha value is -0.980. The molecule has 0 aromatic carbocycles. The van der Waals surface area contributed by atoms with Crippen LogP contribution in [0.25, 0.3) is 0 Å². The van der Waals surface area contributed by atoms with Gasteiger partial charge in [-0.15, -0.1) is 0 Å². The lowest BCUT2D eigenvalue weighted by atomic mass is 10.0. The number of carbonyl (C=O) groups is 1. The highest BCUT2D eigenvalue weighted by molar-refractivity contribution is 5.68. The quantitative estimate of drug-likeness (QED) is 0.782. The van der Waals surface area contributed by atoms with E-state index >= 15 is 0 Å². The third-order valence-electron chi connectivity index (χ3n) is 2.82. The molecule has 1 aliphatic heterocycles. The van der Waals surface area contributed by atoms with Crippen molar-refractivity contribution in [1.29, 1.82) is 0 Å². The van der Waals surface area contributed by atoms with Crippen molar-refractivity contribution in [3.63, 3.8) is 0 Å². The van der Waals surface area contributed by atoms with Crippen LogP contribution in [0.15, 0.2) is 0 Å². The van der Waals surface area contributed by atoms with Gasteiger partial charge in [-0.1, -0.05) is 0 Å². The van der Waals surface area contributed by atoms with Crippen LogP contribution in [0.2, 0.25) is 0 Å². The first-order valence-corrected chi connectivity index (χ1v) is 6.19. The molecule has 19 heavy (non-hydrogen) atoms. The summed E-state index contributed by atoms with van der Waals surface area (Å²) >= 11 is 0. The third-order valence-corrected chi connectivity index (χ3v) is 2.82. The fraction of sp³-hybridized carbons (Fsp3) is 0.917. The molecule has 4 nitrogen and oxygen atoms in total. The van der Waals surface area contributed by atoms with Gasteiger partial charge in [0.1, 0.15) is 5.60 Å². The largest absolute Gasteiger partial charge is 0.444 e. The van der Waals surface area contributed by atoms with Crippen LogP contribution in [-0.2, 0) is 9.47 Å². The van der Waals surface area contributed by atoms with Crippen molar-refractivity contribution in [3.05, 3.63) is 0 Å². The average molecular weight is 283 g/mol. The SMILES string of the molecule is CCO[C@@]1(C(F)(F)F)CCN(C(=O)OC(C)(C)C)C1. The van der Waals surface area contributed by atoms with Crippen LogP contribution in [-0.4, -0.2) is 48.1 Å². The average Bonchev–Trinajstić information content (AvgIpc) is 2.60. The first kappa shape index (κ1) is 16.1. The van der Waals surface area contributed by atoms with Gasteiger partial charge in [-0.3, -0.25) is 0 Å². The Morgan fingerprint density at radius 2 is 1.89 bits per heavy atom. The van der Waals surface area contributed by atoms with Crippen LogP contribution in [0.5, 0.6) is 0 Å². The van der Waals surface area contributed by atoms with Crippen LogP contribution in [0.1, 0.15) is 34.1 Å². The maximum atomic E-state index is 13.1. The molecule has 1 heterocycles. The minimum atomic E-state index is -4.50. The molecule has 1 atom stereocenters. The number of ether oxygens (including phenoxy) is 2. The number of amides is 1. The lowest BCUT2D eigenvalue weighted by Crippen LogP contribution is -2.50. The molecule has 0 bridgehead atoms. The Bertz CT molecular complexity index is 338. The zero-order valence-corrected chi connectivity index (χ0v) is 11.6. The normalized spacial score (nSPS) is 24.7. The molecule has 1 amide bonds. The molecule has 7 heteroatoms. The van der Waals surface area contributed by atoms with Crippen LogP contribution < -0.4 is 0 Å². The molecule has 0 unspecified atom stereocenters. The molecule has 0 aromatic rings. The summed E-state index contributed by atoms with van der Waals surface area (Å²) in [5, 5.41) is 0. The lowest BCUT2D eigenvalue weighted by molar-refractivity contribution is -0.270. The number of likely N-dealkylation sites (tertiary alicyclic amines) is 1. The molecule has 0 N–H and O–H groups in total. The zero-order valence-electron chi connectivity index (χ0n) is 11.6. The van der Waals surface area contributed by atoms with Crippen LogP contribution in [0, 0.1) is 0 Å². The minimum Gasteiger partial charge on any atom is -0.444 e. The van der Waals surface area contributed by atoms with Crippen molar-refractivity contribution in [3.8, 4) is 0 Å². The molecule has 0 radical (unpaired) electrons. The summed E-state index contributed by atoms with van der Waals surface area (Å²) < 4.78 is 49.2. The summed E-state index contributed by atoms with van der Waals surface area (Å²) in [5.74, 6) is 0. The number of rotatable bonds is 2. The van der Waals surface area contributed by atoms with Crippen molar-refractivity contribution < 1.29 is 27.4 Å². The van der Waals surface area contributed by atoms with Gasteiger partial charge in [-0.25, -0.2) is 4.79 Å². The molecule has 112 valence electrons. The van der Waals surface area contributed by atoms with Gasteiger partial charge in [0.05, 0.1) is 6.54 Å². The van der Waals surface area contributed by atoms with E-state index in [0.717, 1.165) is 4.90 Å². The second-order valence-electron chi connectivity index (χ2n) is 5.58. The molecule has 0 saturated carbocycles. The minimum absolute atomic E-state index is 0.0194. The standard InChI is InChI=1S/C12H20F3NO3/c1-5-18-11(12(13,14)15)6-7-16(8-11)9(17)19-10(2,3)4/h5-8H2,1-4H3/t11-/m0/s1. The summed E-state index contributed by atoms with van der Waals surface area (Å²) in [6.07, 6.45) is -5.50. The van der Waals surface area contributed by atoms with Gasteiger partial charge in [-0.2, -0.15) is 13.2 Å². The highest BCUT2D eigenvalue weighted by Crippen LogP contribution is 2.41. The molecule has 1 saturated heterocycles. The van der Waals surface area contributed by atoms with Crippen molar-refractivity contribution in [2.45, 2.75) is 51.5 Å². The highest BCUT2D eigenvalue weighted by atomic mass is 19.4. The first-order valence-electron chi connectivity index (χ1n) is 6.19. The van der Waals surface area contributed by atoms with Crippen LogP contribution >= 0.6 is 0 Å². The van der Waals surface area contributed by atoms with E-state index in [1.807, 2.05) is 0 Å². The fourth-order valence-electron chi connectivity index (χ4n) is 1.97. The number of halogens is 3. The Kier molecular flexibility index (Phi) is 4.39. The van der Waals surface area contributed by atoms with E-state index in [-0.39, 0.29) is 19.6 Å². The van der Waals surface area contributed by atoms with E-state index in [1.165, 1.54) is 6.92 Å². The Balaban J connectivity index is 2.77. The monoisotopic (exact) mass is 283 g/mol. The van der Waals surface area contributed by atoms with Crippen LogP contribution in [0.4, 0.5) is 18.0 Å². The number of hydrogen-bond donors (Lipinski definition) is 0. The second-order valence-corrected chi connectivity index (χ2v) is 5.58. The summed E-state index contributed by atoms with van der Waals surface area (Å²) in [7, 11) is 0. The number of hydrogen-bond acceptors (Lipinski definition) is 3. The van der Waals surface area contributed by atoms with Gasteiger partial charge in [0, 0.05) is 19.6 Å². The van der Waals surface area contributed by atoms with Crippen molar-refractivity contribution >= 4 is 6.09 Å². The summed E-state index contributed by atoms with van der Waals surface area (Å²) in [5.41, 5.74) is -3.00. The topological polar surface area (TPSA) is 38.8 Å². The summed E-state index contributed by atoms with van der Waals surface area (Å²) in [6, 6.07) is 0. The molecule has 1 fully saturated rings. The van der Waals surface area contributed by atoms with E-state index in [4.69, 9.17) is 9.47 Å². The Morgan fingerprint density at radius 3 is 2.32 bits per heavy atom. The van der Waals surface area contributed by atoms with Gasteiger partial charge in [0.25, 0.3) is 0 Å². The summed E-state index contributed by atoms with van der Waals surface area (Å²) in [6.45, 7) is 5.92. The lowest BCUT2D eigenvalue weighted by Gasteiger charge is -2.31. The van der Waals surface area contributed by atoms with E-state index in [9.17, 15) is 18.0 Å². The second kappa shape index (κ2) is 5.19. The van der Waals surface area contributed by atoms with Gasteiger partial charge in [0.15, 0.2) is 5.60 Å². The Labute approximate surface area is 110 Å². The predicted octanol–water partition coefficient (Wildman–Crippen LogP) is 2.96. The maximum Gasteiger partial charge on any atom is 0.419 e. The molecule has 1 aliphatic rings. The smallest absolute Gasteiger partial charge is 0.419 e. The number of nitrogens with zero attached hydrogens (tertiary/aromatic N) is 1. The zero-order chi connectivity index (χ0) is 14.9. The molecule has 0 aliphatic carbocycles. The van der Waals surface area contributed by atoms with Gasteiger partial charge in [-0.05, 0) is 27.7 Å². The molecule has 1 rings (SSSR count). The van der Waals surface area contributed by atoms with Crippen molar-refractivity contribution in [2.24, 2.45) is 0 Å². The molecule has 0 aromatic heterocycles. The van der Waals surface area contributed by atoms with Gasteiger partial charge >= 0.3 is 12.3 Å². The van der Waals surface area contributed by atoms with E-state index < -0.39 is 30.0 Å². The third kappa shape index (κ3) is 3.75. The number of alkyl halides is 3. The van der Waals surface area contributed by atoms with Crippen molar-refractivity contribution in [1.82, 2.24) is 4.90 Å².